The number of nitrogens with two attached hydrogens (primary N) is 1. The van der Waals surface area contributed by atoms with Gasteiger partial charge in [0.2, 0.25) is 5.91 Å². The standard InChI is InChI=1S/C11H22N2O2S/c1-4-15-7-5-6-9(14)13-10(8(2)3)11(12)16/h8,10H,4-7H2,1-3H3,(H2,12,16)(H,13,14). The maximum absolute atomic E-state index is 11.5. The molecule has 0 radical (unpaired) electrons. The highest BCUT2D eigenvalue weighted by molar-refractivity contribution is 7.80. The van der Waals surface area contributed by atoms with E-state index in [2.05, 4.69) is 5.32 Å². The van der Waals surface area contributed by atoms with E-state index in [0.29, 0.717) is 24.6 Å². The Morgan fingerprint density at radius 1 is 1.50 bits per heavy atom. The fraction of sp³-hybridized carbons (Fsp3) is 0.818. The van der Waals surface area contributed by atoms with Crippen molar-refractivity contribution in [2.45, 2.75) is 39.7 Å². The van der Waals surface area contributed by atoms with Crippen LogP contribution in [0.5, 0.6) is 0 Å². The van der Waals surface area contributed by atoms with Crippen LogP contribution in [0, 0.1) is 5.92 Å². The number of ether oxygens (including phenoxy) is 1. The molecule has 1 amide bonds. The summed E-state index contributed by atoms with van der Waals surface area (Å²) < 4.78 is 5.15. The van der Waals surface area contributed by atoms with Crippen molar-refractivity contribution in [2.75, 3.05) is 13.2 Å². The summed E-state index contributed by atoms with van der Waals surface area (Å²) in [7, 11) is 0. The number of carbonyl (C=O) groups excluding carboxylic acids is 1. The summed E-state index contributed by atoms with van der Waals surface area (Å²) >= 11 is 4.90. The van der Waals surface area contributed by atoms with E-state index < -0.39 is 0 Å². The van der Waals surface area contributed by atoms with Crippen LogP contribution in [-0.2, 0) is 9.53 Å². The molecule has 1 atom stereocenters. The van der Waals surface area contributed by atoms with Crippen LogP contribution in [0.3, 0.4) is 0 Å². The van der Waals surface area contributed by atoms with Crippen molar-refractivity contribution >= 4 is 23.1 Å². The molecule has 0 aliphatic carbocycles. The van der Waals surface area contributed by atoms with Gasteiger partial charge in [-0.15, -0.1) is 0 Å². The fourth-order valence-corrected chi connectivity index (χ4v) is 1.62. The SMILES string of the molecule is CCOCCCC(=O)NC(C(N)=S)C(C)C. The van der Waals surface area contributed by atoms with Gasteiger partial charge in [-0.1, -0.05) is 26.1 Å². The topological polar surface area (TPSA) is 64.3 Å². The van der Waals surface area contributed by atoms with Crippen molar-refractivity contribution in [3.63, 3.8) is 0 Å². The maximum atomic E-state index is 11.5. The molecule has 16 heavy (non-hydrogen) atoms. The molecule has 0 aromatic rings. The van der Waals surface area contributed by atoms with Crippen LogP contribution in [-0.4, -0.2) is 30.2 Å². The number of hydrogen-bond donors (Lipinski definition) is 2. The lowest BCUT2D eigenvalue weighted by Crippen LogP contribution is -2.46. The first kappa shape index (κ1) is 15.3. The van der Waals surface area contributed by atoms with Gasteiger partial charge in [0.1, 0.15) is 0 Å². The molecule has 94 valence electrons. The number of rotatable bonds is 8. The molecule has 0 rings (SSSR count). The van der Waals surface area contributed by atoms with Crippen LogP contribution in [0.15, 0.2) is 0 Å². The minimum absolute atomic E-state index is 0.0220. The summed E-state index contributed by atoms with van der Waals surface area (Å²) in [5, 5.41) is 2.83. The molecule has 0 spiro atoms. The van der Waals surface area contributed by atoms with Gasteiger partial charge in [-0.05, 0) is 19.3 Å². The number of thiocarbonyl (C=S) groups is 1. The Morgan fingerprint density at radius 3 is 2.56 bits per heavy atom. The lowest BCUT2D eigenvalue weighted by atomic mass is 10.0. The van der Waals surface area contributed by atoms with E-state index in [1.807, 2.05) is 20.8 Å². The smallest absolute Gasteiger partial charge is 0.220 e. The molecular formula is C11H22N2O2S. The van der Waals surface area contributed by atoms with E-state index in [1.54, 1.807) is 0 Å². The molecule has 0 heterocycles. The van der Waals surface area contributed by atoms with Crippen molar-refractivity contribution in [2.24, 2.45) is 11.7 Å². The zero-order valence-electron chi connectivity index (χ0n) is 10.3. The van der Waals surface area contributed by atoms with E-state index in [4.69, 9.17) is 22.7 Å². The van der Waals surface area contributed by atoms with Crippen LogP contribution in [0.2, 0.25) is 0 Å². The molecule has 0 aromatic heterocycles. The fourth-order valence-electron chi connectivity index (χ4n) is 1.29. The zero-order valence-corrected chi connectivity index (χ0v) is 11.1. The molecule has 4 nitrogen and oxygen atoms in total. The third-order valence-electron chi connectivity index (χ3n) is 2.19. The quantitative estimate of drug-likeness (QED) is 0.499. The summed E-state index contributed by atoms with van der Waals surface area (Å²) in [5.74, 6) is 0.194. The number of amides is 1. The van der Waals surface area contributed by atoms with Crippen LogP contribution in [0.25, 0.3) is 0 Å². The lowest BCUT2D eigenvalue weighted by Gasteiger charge is -2.20. The van der Waals surface area contributed by atoms with Crippen LogP contribution >= 0.6 is 12.2 Å². The molecule has 0 aliphatic rings. The van der Waals surface area contributed by atoms with Crippen molar-refractivity contribution in [1.29, 1.82) is 0 Å². The minimum atomic E-state index is -0.213. The highest BCUT2D eigenvalue weighted by atomic mass is 32.1. The monoisotopic (exact) mass is 246 g/mol. The Hall–Kier alpha value is -0.680. The van der Waals surface area contributed by atoms with E-state index in [0.717, 1.165) is 6.42 Å². The second kappa shape index (κ2) is 8.47. The summed E-state index contributed by atoms with van der Waals surface area (Å²) in [5.41, 5.74) is 5.55. The summed E-state index contributed by atoms with van der Waals surface area (Å²) in [6.45, 7) is 7.18. The average Bonchev–Trinajstić information content (AvgIpc) is 2.20. The maximum Gasteiger partial charge on any atom is 0.220 e. The molecule has 0 fully saturated rings. The van der Waals surface area contributed by atoms with Crippen molar-refractivity contribution in [1.82, 2.24) is 5.32 Å². The van der Waals surface area contributed by atoms with E-state index >= 15 is 0 Å². The Labute approximate surface area is 103 Å². The first-order valence-corrected chi connectivity index (χ1v) is 6.06. The molecule has 5 heteroatoms. The second-order valence-electron chi connectivity index (χ2n) is 3.99. The largest absolute Gasteiger partial charge is 0.392 e. The average molecular weight is 246 g/mol. The van der Waals surface area contributed by atoms with Gasteiger partial charge < -0.3 is 15.8 Å². The molecule has 0 saturated carbocycles. The highest BCUT2D eigenvalue weighted by Crippen LogP contribution is 2.03. The van der Waals surface area contributed by atoms with Crippen LogP contribution < -0.4 is 11.1 Å². The van der Waals surface area contributed by atoms with Gasteiger partial charge in [-0.3, -0.25) is 4.79 Å². The minimum Gasteiger partial charge on any atom is -0.392 e. The molecular weight excluding hydrogens is 224 g/mol. The van der Waals surface area contributed by atoms with E-state index in [9.17, 15) is 4.79 Å². The summed E-state index contributed by atoms with van der Waals surface area (Å²) in [4.78, 5) is 11.9. The van der Waals surface area contributed by atoms with Crippen LogP contribution in [0.1, 0.15) is 33.6 Å². The first-order valence-electron chi connectivity index (χ1n) is 5.65. The van der Waals surface area contributed by atoms with Gasteiger partial charge in [-0.25, -0.2) is 0 Å². The van der Waals surface area contributed by atoms with Crippen molar-refractivity contribution < 1.29 is 9.53 Å². The Bertz CT molecular complexity index is 232. The summed E-state index contributed by atoms with van der Waals surface area (Å²) in [6, 6.07) is -0.213. The Kier molecular flexibility index (Phi) is 8.11. The van der Waals surface area contributed by atoms with Gasteiger partial charge in [0.15, 0.2) is 0 Å². The van der Waals surface area contributed by atoms with Crippen LogP contribution in [0.4, 0.5) is 0 Å². The van der Waals surface area contributed by atoms with Gasteiger partial charge in [0.25, 0.3) is 0 Å². The van der Waals surface area contributed by atoms with Gasteiger partial charge in [0.05, 0.1) is 11.0 Å². The van der Waals surface area contributed by atoms with Crippen molar-refractivity contribution in [3.05, 3.63) is 0 Å². The molecule has 0 aliphatic heterocycles. The normalized spacial score (nSPS) is 12.5. The third kappa shape index (κ3) is 6.74. The van der Waals surface area contributed by atoms with E-state index in [1.165, 1.54) is 0 Å². The number of nitrogens with one attached hydrogen (secondary N) is 1. The highest BCUT2D eigenvalue weighted by Gasteiger charge is 2.18. The lowest BCUT2D eigenvalue weighted by molar-refractivity contribution is -0.122. The van der Waals surface area contributed by atoms with E-state index in [-0.39, 0.29) is 17.9 Å². The predicted octanol–water partition coefficient (Wildman–Crippen LogP) is 1.23. The summed E-state index contributed by atoms with van der Waals surface area (Å²) in [6.07, 6.45) is 1.17. The number of hydrogen-bond acceptors (Lipinski definition) is 3. The van der Waals surface area contributed by atoms with Gasteiger partial charge in [0, 0.05) is 19.6 Å². The molecule has 0 bridgehead atoms. The first-order chi connectivity index (χ1) is 7.49. The third-order valence-corrected chi connectivity index (χ3v) is 2.44. The zero-order chi connectivity index (χ0) is 12.6. The Morgan fingerprint density at radius 2 is 2.12 bits per heavy atom. The Balaban J connectivity index is 3.87. The van der Waals surface area contributed by atoms with Gasteiger partial charge >= 0.3 is 0 Å². The molecule has 1 unspecified atom stereocenters. The van der Waals surface area contributed by atoms with Crippen molar-refractivity contribution in [3.8, 4) is 0 Å². The molecule has 3 N–H and O–H groups in total. The molecule has 0 saturated heterocycles. The molecule has 0 aromatic carbocycles. The second-order valence-corrected chi connectivity index (χ2v) is 4.46. The van der Waals surface area contributed by atoms with Gasteiger partial charge in [-0.2, -0.15) is 0 Å². The number of carbonyl (C=O) groups is 1. The predicted molar refractivity (Wildman–Crippen MR) is 69.3 cm³/mol.